The summed E-state index contributed by atoms with van der Waals surface area (Å²) in [5, 5.41) is 2.26. The monoisotopic (exact) mass is 300 g/mol. The van der Waals surface area contributed by atoms with E-state index in [0.717, 1.165) is 12.2 Å². The van der Waals surface area contributed by atoms with Crippen molar-refractivity contribution in [3.63, 3.8) is 0 Å². The Balaban J connectivity index is 1.66. The zero-order chi connectivity index (χ0) is 15.6. The molecule has 1 heterocycles. The van der Waals surface area contributed by atoms with Crippen LogP contribution in [0.2, 0.25) is 0 Å². The normalized spacial score (nSPS) is 16.2. The molecule has 0 amide bonds. The highest BCUT2D eigenvalue weighted by atomic mass is 15.5. The van der Waals surface area contributed by atoms with Crippen molar-refractivity contribution in [2.75, 3.05) is 17.0 Å². The molecule has 23 heavy (non-hydrogen) atoms. The average molecular weight is 300 g/mol. The Morgan fingerprint density at radius 2 is 1.52 bits per heavy atom. The fraction of sp³-hybridized carbons (Fsp3) is 0.143. The predicted molar refractivity (Wildman–Crippen MR) is 96.9 cm³/mol. The average Bonchev–Trinajstić information content (AvgIpc) is 2.97. The maximum atomic E-state index is 3.56. The predicted octanol–water partition coefficient (Wildman–Crippen LogP) is 4.97. The van der Waals surface area contributed by atoms with Crippen LogP contribution in [0, 0.1) is 6.92 Å². The summed E-state index contributed by atoms with van der Waals surface area (Å²) in [6.45, 7) is 3.05. The summed E-state index contributed by atoms with van der Waals surface area (Å²) in [5.41, 5.74) is 9.98. The number of nitrogens with one attached hydrogen (secondary N) is 1. The Bertz CT molecular complexity index is 794. The Labute approximate surface area is 137 Å². The quantitative estimate of drug-likeness (QED) is 0.734. The lowest BCUT2D eigenvalue weighted by molar-refractivity contribution is 0.831. The van der Waals surface area contributed by atoms with Gasteiger partial charge < -0.3 is 0 Å². The van der Waals surface area contributed by atoms with Crippen LogP contribution < -0.4 is 10.4 Å². The summed E-state index contributed by atoms with van der Waals surface area (Å²) >= 11 is 0. The summed E-state index contributed by atoms with van der Waals surface area (Å²) in [6.07, 6.45) is 0. The van der Waals surface area contributed by atoms with E-state index < -0.39 is 0 Å². The standard InChI is InChI=1S/C21H20N2/c1-16-11-13-18(14-12-16)22-23-15-20(17-7-3-2-4-8-17)19-9-5-6-10-21(19)23/h2-14,20,22H,15H2,1H3. The van der Waals surface area contributed by atoms with Gasteiger partial charge in [-0.3, -0.25) is 10.4 Å². The number of aryl methyl sites for hydroxylation is 1. The number of para-hydroxylation sites is 1. The van der Waals surface area contributed by atoms with Crippen molar-refractivity contribution in [1.29, 1.82) is 0 Å². The first-order valence-electron chi connectivity index (χ1n) is 8.06. The molecule has 2 nitrogen and oxygen atoms in total. The first kappa shape index (κ1) is 13.9. The molecule has 1 aliphatic heterocycles. The first-order valence-corrected chi connectivity index (χ1v) is 8.06. The SMILES string of the molecule is Cc1ccc(NN2CC(c3ccccc3)c3ccccc32)cc1. The minimum absolute atomic E-state index is 0.408. The van der Waals surface area contributed by atoms with E-state index in [0.29, 0.717) is 5.92 Å². The number of hydrogen-bond donors (Lipinski definition) is 1. The fourth-order valence-electron chi connectivity index (χ4n) is 3.27. The van der Waals surface area contributed by atoms with E-state index in [9.17, 15) is 0 Å². The highest BCUT2D eigenvalue weighted by Crippen LogP contribution is 2.39. The van der Waals surface area contributed by atoms with Gasteiger partial charge in [0.2, 0.25) is 0 Å². The van der Waals surface area contributed by atoms with E-state index in [1.54, 1.807) is 0 Å². The van der Waals surface area contributed by atoms with Gasteiger partial charge in [-0.1, -0.05) is 66.2 Å². The molecule has 1 aliphatic rings. The third kappa shape index (κ3) is 2.68. The number of nitrogens with zero attached hydrogens (tertiary/aromatic N) is 1. The van der Waals surface area contributed by atoms with Crippen LogP contribution in [0.5, 0.6) is 0 Å². The van der Waals surface area contributed by atoms with E-state index in [4.69, 9.17) is 0 Å². The molecule has 1 N–H and O–H groups in total. The molecule has 0 saturated heterocycles. The summed E-state index contributed by atoms with van der Waals surface area (Å²) in [7, 11) is 0. The Morgan fingerprint density at radius 3 is 2.30 bits per heavy atom. The third-order valence-corrected chi connectivity index (χ3v) is 4.49. The number of benzene rings is 3. The molecule has 1 atom stereocenters. The molecule has 0 radical (unpaired) electrons. The van der Waals surface area contributed by atoms with E-state index in [2.05, 4.69) is 96.2 Å². The van der Waals surface area contributed by atoms with Crippen molar-refractivity contribution < 1.29 is 0 Å². The van der Waals surface area contributed by atoms with Gasteiger partial charge in [-0.25, -0.2) is 0 Å². The number of fused-ring (bicyclic) bond motifs is 1. The molecule has 0 bridgehead atoms. The van der Waals surface area contributed by atoms with Gasteiger partial charge in [-0.15, -0.1) is 0 Å². The van der Waals surface area contributed by atoms with Crippen LogP contribution in [0.15, 0.2) is 78.9 Å². The fourth-order valence-corrected chi connectivity index (χ4v) is 3.27. The Hall–Kier alpha value is -2.74. The second kappa shape index (κ2) is 5.81. The van der Waals surface area contributed by atoms with E-state index in [1.165, 1.54) is 22.4 Å². The third-order valence-electron chi connectivity index (χ3n) is 4.49. The van der Waals surface area contributed by atoms with Crippen LogP contribution in [-0.4, -0.2) is 6.54 Å². The molecule has 0 aromatic heterocycles. The van der Waals surface area contributed by atoms with Crippen LogP contribution in [0.3, 0.4) is 0 Å². The topological polar surface area (TPSA) is 15.3 Å². The maximum Gasteiger partial charge on any atom is 0.0611 e. The number of anilines is 2. The minimum atomic E-state index is 0.408. The van der Waals surface area contributed by atoms with Gasteiger partial charge in [0.15, 0.2) is 0 Å². The molecule has 0 fully saturated rings. The molecule has 0 aliphatic carbocycles. The lowest BCUT2D eigenvalue weighted by atomic mass is 9.93. The molecule has 1 unspecified atom stereocenters. The second-order valence-electron chi connectivity index (χ2n) is 6.11. The summed E-state index contributed by atoms with van der Waals surface area (Å²) in [6, 6.07) is 28.0. The van der Waals surface area contributed by atoms with Crippen LogP contribution in [0.1, 0.15) is 22.6 Å². The summed E-state index contributed by atoms with van der Waals surface area (Å²) in [5.74, 6) is 0.408. The Kier molecular flexibility index (Phi) is 3.51. The minimum Gasteiger partial charge on any atom is -0.298 e. The van der Waals surface area contributed by atoms with E-state index in [-0.39, 0.29) is 0 Å². The van der Waals surface area contributed by atoms with Crippen molar-refractivity contribution in [2.45, 2.75) is 12.8 Å². The van der Waals surface area contributed by atoms with Crippen molar-refractivity contribution in [3.05, 3.63) is 95.6 Å². The van der Waals surface area contributed by atoms with E-state index in [1.807, 2.05) is 0 Å². The van der Waals surface area contributed by atoms with Crippen LogP contribution in [0.25, 0.3) is 0 Å². The lowest BCUT2D eigenvalue weighted by Crippen LogP contribution is -2.28. The molecular weight excluding hydrogens is 280 g/mol. The molecule has 3 aromatic carbocycles. The molecule has 0 spiro atoms. The van der Waals surface area contributed by atoms with Crippen molar-refractivity contribution >= 4 is 11.4 Å². The summed E-state index contributed by atoms with van der Waals surface area (Å²) < 4.78 is 0. The second-order valence-corrected chi connectivity index (χ2v) is 6.11. The molecule has 4 rings (SSSR count). The number of rotatable bonds is 3. The van der Waals surface area contributed by atoms with Crippen LogP contribution in [-0.2, 0) is 0 Å². The van der Waals surface area contributed by atoms with Crippen molar-refractivity contribution in [3.8, 4) is 0 Å². The number of hydrazine groups is 1. The molecule has 114 valence electrons. The highest BCUT2D eigenvalue weighted by Gasteiger charge is 2.29. The van der Waals surface area contributed by atoms with Gasteiger partial charge in [-0.2, -0.15) is 0 Å². The first-order chi connectivity index (χ1) is 11.3. The van der Waals surface area contributed by atoms with Gasteiger partial charge in [-0.05, 0) is 36.2 Å². The van der Waals surface area contributed by atoms with Crippen molar-refractivity contribution in [1.82, 2.24) is 0 Å². The number of hydrogen-bond acceptors (Lipinski definition) is 2. The smallest absolute Gasteiger partial charge is 0.0611 e. The van der Waals surface area contributed by atoms with Gasteiger partial charge in [0.05, 0.1) is 17.9 Å². The van der Waals surface area contributed by atoms with Crippen LogP contribution >= 0.6 is 0 Å². The lowest BCUT2D eigenvalue weighted by Gasteiger charge is -2.22. The molecule has 0 saturated carbocycles. The summed E-state index contributed by atoms with van der Waals surface area (Å²) in [4.78, 5) is 0. The van der Waals surface area contributed by atoms with Gasteiger partial charge in [0.1, 0.15) is 0 Å². The molecule has 2 heteroatoms. The maximum absolute atomic E-state index is 3.56. The van der Waals surface area contributed by atoms with Gasteiger partial charge in [0.25, 0.3) is 0 Å². The van der Waals surface area contributed by atoms with Crippen molar-refractivity contribution in [2.24, 2.45) is 0 Å². The van der Waals surface area contributed by atoms with Crippen LogP contribution in [0.4, 0.5) is 11.4 Å². The van der Waals surface area contributed by atoms with Gasteiger partial charge >= 0.3 is 0 Å². The zero-order valence-electron chi connectivity index (χ0n) is 13.2. The highest BCUT2D eigenvalue weighted by molar-refractivity contribution is 5.66. The molecular formula is C21H20N2. The zero-order valence-corrected chi connectivity index (χ0v) is 13.2. The largest absolute Gasteiger partial charge is 0.298 e. The Morgan fingerprint density at radius 1 is 0.826 bits per heavy atom. The van der Waals surface area contributed by atoms with Gasteiger partial charge in [0, 0.05) is 5.92 Å². The molecule has 3 aromatic rings. The van der Waals surface area contributed by atoms with E-state index >= 15 is 0 Å².